The molecule has 3 amide bonds. The van der Waals surface area contributed by atoms with Crippen LogP contribution in [0.15, 0.2) is 24.5 Å². The number of carbonyl (C=O) groups is 3. The van der Waals surface area contributed by atoms with Gasteiger partial charge in [-0.15, -0.1) is 0 Å². The zero-order valence-electron chi connectivity index (χ0n) is 18.6. The average Bonchev–Trinajstić information content (AvgIpc) is 3.13. The van der Waals surface area contributed by atoms with Gasteiger partial charge in [0.15, 0.2) is 0 Å². The molecule has 34 heavy (non-hydrogen) atoms. The third kappa shape index (κ3) is 4.47. The van der Waals surface area contributed by atoms with Gasteiger partial charge in [-0.25, -0.2) is 9.97 Å². The van der Waals surface area contributed by atoms with Crippen LogP contribution < -0.4 is 16.0 Å². The molecule has 1 saturated carbocycles. The Labute approximate surface area is 201 Å². The number of nitrogens with zero attached hydrogens (tertiary/aromatic N) is 5. The number of carbonyl (C=O) groups excluding carboxylic acids is 3. The molecule has 1 atom stereocenters. The Morgan fingerprint density at radius 3 is 2.65 bits per heavy atom. The van der Waals surface area contributed by atoms with E-state index in [0.29, 0.717) is 31.0 Å². The predicted molar refractivity (Wildman–Crippen MR) is 124 cm³/mol. The molecular weight excluding hydrogens is 458 g/mol. The molecule has 2 fully saturated rings. The van der Waals surface area contributed by atoms with Crippen LogP contribution in [0.4, 0.5) is 5.95 Å². The number of aromatic nitrogens is 3. The molecule has 3 N–H and O–H groups in total. The van der Waals surface area contributed by atoms with Gasteiger partial charge in [-0.05, 0) is 60.9 Å². The Balaban J connectivity index is 1.38. The van der Waals surface area contributed by atoms with Crippen LogP contribution in [0.3, 0.4) is 0 Å². The minimum Gasteiger partial charge on any atom is -0.333 e. The second-order valence-electron chi connectivity index (χ2n) is 9.14. The van der Waals surface area contributed by atoms with Crippen LogP contribution in [0.5, 0.6) is 0 Å². The summed E-state index contributed by atoms with van der Waals surface area (Å²) in [5.41, 5.74) is 8.57. The molecule has 1 aromatic heterocycles. The molecule has 3 aliphatic rings. The van der Waals surface area contributed by atoms with Gasteiger partial charge in [0.25, 0.3) is 5.91 Å². The van der Waals surface area contributed by atoms with E-state index in [9.17, 15) is 14.4 Å². The highest BCUT2D eigenvalue weighted by atomic mass is 35.5. The van der Waals surface area contributed by atoms with Crippen LogP contribution in [0.1, 0.15) is 60.0 Å². The SMILES string of the molecule is NC1CCC(N(Cc2ccc3c(c2)CN(C2CCC(=O)NC2=O)C3=O)c2ncnc(Cl)n2)CC1. The second kappa shape index (κ2) is 9.27. The van der Waals surface area contributed by atoms with Crippen molar-refractivity contribution in [2.45, 2.75) is 69.7 Å². The lowest BCUT2D eigenvalue weighted by Gasteiger charge is -2.36. The Hall–Kier alpha value is -3.11. The third-order valence-corrected chi connectivity index (χ3v) is 7.09. The summed E-state index contributed by atoms with van der Waals surface area (Å²) in [6, 6.07) is 5.54. The number of nitrogens with two attached hydrogens (primary N) is 1. The van der Waals surface area contributed by atoms with Gasteiger partial charge in [-0.3, -0.25) is 19.7 Å². The normalized spacial score (nSPS) is 24.7. The Bertz CT molecular complexity index is 1140. The third-order valence-electron chi connectivity index (χ3n) is 6.91. The first-order valence-corrected chi connectivity index (χ1v) is 11.9. The molecule has 10 nitrogen and oxygen atoms in total. The fourth-order valence-corrected chi connectivity index (χ4v) is 5.23. The molecule has 0 radical (unpaired) electrons. The minimum atomic E-state index is -0.628. The zero-order chi connectivity index (χ0) is 23.8. The van der Waals surface area contributed by atoms with Crippen molar-refractivity contribution >= 4 is 35.3 Å². The maximum Gasteiger partial charge on any atom is 0.255 e. The quantitative estimate of drug-likeness (QED) is 0.612. The van der Waals surface area contributed by atoms with Gasteiger partial charge in [0.1, 0.15) is 12.4 Å². The number of nitrogens with one attached hydrogen (secondary N) is 1. The van der Waals surface area contributed by atoms with Gasteiger partial charge in [-0.2, -0.15) is 4.98 Å². The van der Waals surface area contributed by atoms with E-state index in [4.69, 9.17) is 17.3 Å². The first kappa shape index (κ1) is 22.7. The van der Waals surface area contributed by atoms with Crippen LogP contribution in [0, 0.1) is 0 Å². The fourth-order valence-electron chi connectivity index (χ4n) is 5.11. The molecular formula is C23H26ClN7O3. The minimum absolute atomic E-state index is 0.141. The number of hydrogen-bond acceptors (Lipinski definition) is 8. The van der Waals surface area contributed by atoms with Gasteiger partial charge in [0, 0.05) is 37.2 Å². The van der Waals surface area contributed by atoms with Gasteiger partial charge in [-0.1, -0.05) is 12.1 Å². The number of imide groups is 1. The summed E-state index contributed by atoms with van der Waals surface area (Å²) in [4.78, 5) is 53.1. The van der Waals surface area contributed by atoms with E-state index in [-0.39, 0.29) is 35.6 Å². The smallest absolute Gasteiger partial charge is 0.255 e. The maximum atomic E-state index is 13.0. The molecule has 3 heterocycles. The molecule has 1 saturated heterocycles. The number of halogens is 1. The average molecular weight is 484 g/mol. The highest BCUT2D eigenvalue weighted by molar-refractivity contribution is 6.28. The number of anilines is 1. The van der Waals surface area contributed by atoms with E-state index in [1.807, 2.05) is 18.2 Å². The monoisotopic (exact) mass is 483 g/mol. The van der Waals surface area contributed by atoms with Crippen molar-refractivity contribution in [3.63, 3.8) is 0 Å². The topological polar surface area (TPSA) is 134 Å². The predicted octanol–water partition coefficient (Wildman–Crippen LogP) is 1.56. The largest absolute Gasteiger partial charge is 0.333 e. The van der Waals surface area contributed by atoms with Crippen molar-refractivity contribution in [1.29, 1.82) is 0 Å². The number of rotatable bonds is 5. The van der Waals surface area contributed by atoms with Gasteiger partial charge in [0.05, 0.1) is 0 Å². The molecule has 178 valence electrons. The Kier molecular flexibility index (Phi) is 6.18. The molecule has 1 aliphatic carbocycles. The number of hydrogen-bond donors (Lipinski definition) is 2. The number of fused-ring (bicyclic) bond motifs is 1. The molecule has 1 aromatic carbocycles. The molecule has 2 aliphatic heterocycles. The maximum absolute atomic E-state index is 13.0. The summed E-state index contributed by atoms with van der Waals surface area (Å²) in [6.45, 7) is 0.879. The van der Waals surface area contributed by atoms with E-state index < -0.39 is 11.9 Å². The molecule has 2 aromatic rings. The number of benzene rings is 1. The second-order valence-corrected chi connectivity index (χ2v) is 9.48. The van der Waals surface area contributed by atoms with E-state index in [0.717, 1.165) is 36.8 Å². The van der Waals surface area contributed by atoms with E-state index in [1.165, 1.54) is 6.33 Å². The van der Waals surface area contributed by atoms with Gasteiger partial charge in [0.2, 0.25) is 23.0 Å². The van der Waals surface area contributed by atoms with Gasteiger partial charge < -0.3 is 15.5 Å². The van der Waals surface area contributed by atoms with Crippen LogP contribution >= 0.6 is 11.6 Å². The van der Waals surface area contributed by atoms with Crippen molar-refractivity contribution in [2.75, 3.05) is 4.90 Å². The molecule has 5 rings (SSSR count). The summed E-state index contributed by atoms with van der Waals surface area (Å²) in [5.74, 6) is -0.374. The van der Waals surface area contributed by atoms with Crippen molar-refractivity contribution in [3.05, 3.63) is 46.5 Å². The van der Waals surface area contributed by atoms with Crippen molar-refractivity contribution in [3.8, 4) is 0 Å². The van der Waals surface area contributed by atoms with Crippen LogP contribution in [0.2, 0.25) is 5.28 Å². The molecule has 0 spiro atoms. The first-order chi connectivity index (χ1) is 16.4. The number of piperidine rings is 1. The van der Waals surface area contributed by atoms with Crippen molar-refractivity contribution < 1.29 is 14.4 Å². The molecule has 1 unspecified atom stereocenters. The van der Waals surface area contributed by atoms with E-state index in [1.54, 1.807) is 4.90 Å². The fraction of sp³-hybridized carbons (Fsp3) is 0.478. The molecule has 11 heteroatoms. The zero-order valence-corrected chi connectivity index (χ0v) is 19.4. The highest BCUT2D eigenvalue weighted by Gasteiger charge is 2.39. The first-order valence-electron chi connectivity index (χ1n) is 11.5. The van der Waals surface area contributed by atoms with Crippen molar-refractivity contribution in [1.82, 2.24) is 25.2 Å². The Morgan fingerprint density at radius 2 is 1.91 bits per heavy atom. The van der Waals surface area contributed by atoms with Crippen LogP contribution in [0.25, 0.3) is 0 Å². The van der Waals surface area contributed by atoms with Crippen molar-refractivity contribution in [2.24, 2.45) is 5.73 Å². The summed E-state index contributed by atoms with van der Waals surface area (Å²) >= 11 is 6.05. The standard InChI is InChI=1S/C23H26ClN7O3/c24-22-26-12-27-23(29-22)30(16-4-2-15(25)3-5-16)10-13-1-6-17-14(9-13)11-31(21(17)34)18-7-8-19(32)28-20(18)33/h1,6,9,12,15-16,18H,2-5,7-8,10-11,25H2,(H,28,32,33). The van der Waals surface area contributed by atoms with Gasteiger partial charge >= 0.3 is 0 Å². The molecule has 0 bridgehead atoms. The summed E-state index contributed by atoms with van der Waals surface area (Å²) in [5, 5.41) is 2.48. The van der Waals surface area contributed by atoms with Crippen LogP contribution in [-0.2, 0) is 22.7 Å². The van der Waals surface area contributed by atoms with Crippen LogP contribution in [-0.4, -0.2) is 55.7 Å². The summed E-state index contributed by atoms with van der Waals surface area (Å²) in [7, 11) is 0. The summed E-state index contributed by atoms with van der Waals surface area (Å²) in [6.07, 6.45) is 5.70. The lowest BCUT2D eigenvalue weighted by molar-refractivity contribution is -0.136. The Morgan fingerprint density at radius 1 is 1.12 bits per heavy atom. The van der Waals surface area contributed by atoms with E-state index >= 15 is 0 Å². The number of amides is 3. The lowest BCUT2D eigenvalue weighted by Crippen LogP contribution is -2.52. The lowest BCUT2D eigenvalue weighted by atomic mass is 9.90. The van der Waals surface area contributed by atoms with E-state index in [2.05, 4.69) is 25.2 Å². The highest BCUT2D eigenvalue weighted by Crippen LogP contribution is 2.31. The summed E-state index contributed by atoms with van der Waals surface area (Å²) < 4.78 is 0.